The average molecular weight is 392 g/mol. The summed E-state index contributed by atoms with van der Waals surface area (Å²) >= 11 is 0. The van der Waals surface area contributed by atoms with Crippen molar-refractivity contribution in [1.29, 1.82) is 0 Å². The number of benzene rings is 1. The predicted octanol–water partition coefficient (Wildman–Crippen LogP) is 2.94. The first-order valence-corrected chi connectivity index (χ1v) is 7.89. The quantitative estimate of drug-likeness (QED) is 0.443. The number of urea groups is 1. The number of nitrogens with one attached hydrogen (secondary N) is 2. The second-order valence-corrected chi connectivity index (χ2v) is 6.60. The van der Waals surface area contributed by atoms with E-state index in [0.29, 0.717) is 6.07 Å². The molecule has 27 heavy (non-hydrogen) atoms. The summed E-state index contributed by atoms with van der Waals surface area (Å²) in [5.74, 6) is -2.54. The van der Waals surface area contributed by atoms with E-state index in [1.807, 2.05) is 5.32 Å². The summed E-state index contributed by atoms with van der Waals surface area (Å²) in [6.07, 6.45) is -5.35. The van der Waals surface area contributed by atoms with Crippen LogP contribution in [0.5, 0.6) is 0 Å². The molecule has 0 aromatic heterocycles. The molecule has 0 radical (unpaired) electrons. The Morgan fingerprint density at radius 2 is 1.70 bits per heavy atom. The number of alkyl halides is 3. The van der Waals surface area contributed by atoms with Gasteiger partial charge in [-0.2, -0.15) is 13.2 Å². The van der Waals surface area contributed by atoms with Gasteiger partial charge in [0.25, 0.3) is 0 Å². The Bertz CT molecular complexity index is 712. The van der Waals surface area contributed by atoms with E-state index >= 15 is 0 Å². The first-order valence-electron chi connectivity index (χ1n) is 7.89. The highest BCUT2D eigenvalue weighted by molar-refractivity contribution is 5.97. The Morgan fingerprint density at radius 1 is 1.07 bits per heavy atom. The van der Waals surface area contributed by atoms with Crippen LogP contribution in [-0.4, -0.2) is 29.9 Å². The summed E-state index contributed by atoms with van der Waals surface area (Å²) in [5.41, 5.74) is -2.69. The van der Waals surface area contributed by atoms with Crippen LogP contribution in [0.25, 0.3) is 0 Å². The third kappa shape index (κ3) is 8.06. The Kier molecular flexibility index (Phi) is 7.32. The van der Waals surface area contributed by atoms with Crippen LogP contribution in [0.2, 0.25) is 0 Å². The zero-order valence-corrected chi connectivity index (χ0v) is 15.0. The average Bonchev–Trinajstić information content (AvgIpc) is 2.48. The van der Waals surface area contributed by atoms with Gasteiger partial charge < -0.3 is 15.4 Å². The van der Waals surface area contributed by atoms with Crippen molar-refractivity contribution in [2.75, 3.05) is 6.54 Å². The van der Waals surface area contributed by atoms with E-state index < -0.39 is 66.0 Å². The molecule has 0 fully saturated rings. The molecule has 2 N–H and O–H groups in total. The molecular formula is C17H20F4N2O4. The zero-order chi connectivity index (χ0) is 20.8. The standard InChI is InChI=1S/C17H20F4N2O4/c1-16(2,3)27-14(25)7-10(24)8-22-15(26)23-9-11-12(17(19,20)21)5-4-6-13(11)18/h4-6H,7-9H2,1-3H3,(H2,22,23,26). The minimum Gasteiger partial charge on any atom is -0.460 e. The molecule has 0 aliphatic carbocycles. The van der Waals surface area contributed by atoms with E-state index in [1.54, 1.807) is 20.8 Å². The number of ketones is 1. The van der Waals surface area contributed by atoms with E-state index in [-0.39, 0.29) is 0 Å². The fourth-order valence-electron chi connectivity index (χ4n) is 2.02. The summed E-state index contributed by atoms with van der Waals surface area (Å²) in [6, 6.07) is 1.47. The summed E-state index contributed by atoms with van der Waals surface area (Å²) in [4.78, 5) is 34.7. The molecular weight excluding hydrogens is 372 g/mol. The van der Waals surface area contributed by atoms with Gasteiger partial charge in [-0.3, -0.25) is 9.59 Å². The van der Waals surface area contributed by atoms with Crippen LogP contribution < -0.4 is 10.6 Å². The Labute approximate surface area is 153 Å². The van der Waals surface area contributed by atoms with Gasteiger partial charge in [0, 0.05) is 12.1 Å². The van der Waals surface area contributed by atoms with Crippen LogP contribution in [0.4, 0.5) is 22.4 Å². The molecule has 0 aliphatic heterocycles. The fraction of sp³-hybridized carbons (Fsp3) is 0.471. The highest BCUT2D eigenvalue weighted by atomic mass is 19.4. The van der Waals surface area contributed by atoms with Crippen molar-refractivity contribution in [3.8, 4) is 0 Å². The van der Waals surface area contributed by atoms with Crippen molar-refractivity contribution in [2.45, 2.75) is 45.5 Å². The summed E-state index contributed by atoms with van der Waals surface area (Å²) in [6.45, 7) is 3.61. The van der Waals surface area contributed by atoms with Gasteiger partial charge in [-0.15, -0.1) is 0 Å². The van der Waals surface area contributed by atoms with Gasteiger partial charge in [0.1, 0.15) is 17.8 Å². The molecule has 0 unspecified atom stereocenters. The Morgan fingerprint density at radius 3 is 2.26 bits per heavy atom. The first kappa shape index (κ1) is 22.4. The van der Waals surface area contributed by atoms with Crippen LogP contribution >= 0.6 is 0 Å². The number of carbonyl (C=O) groups excluding carboxylic acids is 3. The maximum Gasteiger partial charge on any atom is 0.416 e. The molecule has 0 heterocycles. The predicted molar refractivity (Wildman–Crippen MR) is 87.1 cm³/mol. The highest BCUT2D eigenvalue weighted by Crippen LogP contribution is 2.32. The number of hydrogen-bond acceptors (Lipinski definition) is 4. The lowest BCUT2D eigenvalue weighted by Crippen LogP contribution is -2.39. The summed E-state index contributed by atoms with van der Waals surface area (Å²) in [7, 11) is 0. The molecule has 0 bridgehead atoms. The van der Waals surface area contributed by atoms with Crippen molar-refractivity contribution in [3.05, 3.63) is 35.1 Å². The Hall–Kier alpha value is -2.65. The van der Waals surface area contributed by atoms with Gasteiger partial charge in [-0.25, -0.2) is 9.18 Å². The zero-order valence-electron chi connectivity index (χ0n) is 15.0. The number of ether oxygens (including phenoxy) is 1. The minimum atomic E-state index is -4.78. The molecule has 0 saturated heterocycles. The molecule has 0 atom stereocenters. The molecule has 0 saturated carbocycles. The van der Waals surface area contributed by atoms with E-state index in [1.165, 1.54) is 0 Å². The second kappa shape index (κ2) is 8.83. The number of halogens is 4. The molecule has 150 valence electrons. The monoisotopic (exact) mass is 392 g/mol. The maximum absolute atomic E-state index is 13.6. The topological polar surface area (TPSA) is 84.5 Å². The minimum absolute atomic E-state index is 0.533. The third-order valence-electron chi connectivity index (χ3n) is 3.06. The van der Waals surface area contributed by atoms with E-state index in [4.69, 9.17) is 4.74 Å². The maximum atomic E-state index is 13.6. The lowest BCUT2D eigenvalue weighted by atomic mass is 10.1. The largest absolute Gasteiger partial charge is 0.460 e. The normalized spacial score (nSPS) is 11.7. The number of hydrogen-bond donors (Lipinski definition) is 2. The molecule has 6 nitrogen and oxygen atoms in total. The third-order valence-corrected chi connectivity index (χ3v) is 3.06. The van der Waals surface area contributed by atoms with E-state index in [2.05, 4.69) is 5.32 Å². The molecule has 0 aliphatic rings. The van der Waals surface area contributed by atoms with Crippen molar-refractivity contribution in [2.24, 2.45) is 0 Å². The molecule has 10 heteroatoms. The number of esters is 1. The van der Waals surface area contributed by atoms with Crippen LogP contribution in [0.3, 0.4) is 0 Å². The second-order valence-electron chi connectivity index (χ2n) is 6.60. The number of Topliss-reactive ketones (excluding diaryl/α,β-unsaturated/α-hetero) is 1. The number of carbonyl (C=O) groups is 3. The van der Waals surface area contributed by atoms with Crippen molar-refractivity contribution < 1.29 is 36.7 Å². The molecule has 1 rings (SSSR count). The summed E-state index contributed by atoms with van der Waals surface area (Å²) in [5, 5.41) is 4.13. The van der Waals surface area contributed by atoms with Crippen LogP contribution in [0.15, 0.2) is 18.2 Å². The van der Waals surface area contributed by atoms with Gasteiger partial charge in [-0.05, 0) is 32.9 Å². The lowest BCUT2D eigenvalue weighted by molar-refractivity contribution is -0.156. The summed E-state index contributed by atoms with van der Waals surface area (Å²) < 4.78 is 57.2. The number of amides is 2. The molecule has 0 spiro atoms. The van der Waals surface area contributed by atoms with Gasteiger partial charge in [-0.1, -0.05) is 6.07 Å². The molecule has 1 aromatic carbocycles. The van der Waals surface area contributed by atoms with E-state index in [0.717, 1.165) is 12.1 Å². The lowest BCUT2D eigenvalue weighted by Gasteiger charge is -2.19. The van der Waals surface area contributed by atoms with E-state index in [9.17, 15) is 31.9 Å². The molecule has 2 amide bonds. The van der Waals surface area contributed by atoms with Crippen LogP contribution in [0.1, 0.15) is 38.3 Å². The number of rotatable bonds is 6. The molecule has 1 aromatic rings. The van der Waals surface area contributed by atoms with Gasteiger partial charge >= 0.3 is 18.2 Å². The van der Waals surface area contributed by atoms with Gasteiger partial charge in [0.05, 0.1) is 12.1 Å². The van der Waals surface area contributed by atoms with Crippen molar-refractivity contribution in [1.82, 2.24) is 10.6 Å². The van der Waals surface area contributed by atoms with Crippen molar-refractivity contribution >= 4 is 17.8 Å². The first-order chi connectivity index (χ1) is 12.3. The van der Waals surface area contributed by atoms with Crippen LogP contribution in [0, 0.1) is 5.82 Å². The Balaban J connectivity index is 2.53. The van der Waals surface area contributed by atoms with Gasteiger partial charge in [0.2, 0.25) is 0 Å². The SMILES string of the molecule is CC(C)(C)OC(=O)CC(=O)CNC(=O)NCc1c(F)cccc1C(F)(F)F. The van der Waals surface area contributed by atoms with Gasteiger partial charge in [0.15, 0.2) is 5.78 Å². The highest BCUT2D eigenvalue weighted by Gasteiger charge is 2.34. The fourth-order valence-corrected chi connectivity index (χ4v) is 2.02. The van der Waals surface area contributed by atoms with Crippen LogP contribution in [-0.2, 0) is 27.0 Å². The van der Waals surface area contributed by atoms with Crippen molar-refractivity contribution in [3.63, 3.8) is 0 Å². The smallest absolute Gasteiger partial charge is 0.416 e.